The average Bonchev–Trinajstić information content (AvgIpc) is 2.83. The number of halogens is 1. The number of nitrogens with one attached hydrogen (secondary N) is 1. The standard InChI is InChI=1S/C10H15ClN4O2S/c1-2-15-3-4-17-7(6-15)5-12-8(16)9-13-14-10(11)18-9/h7H,2-6H2,1H3,(H,12,16). The molecule has 1 aromatic heterocycles. The monoisotopic (exact) mass is 290 g/mol. The molecule has 1 unspecified atom stereocenters. The van der Waals surface area contributed by atoms with Crippen LogP contribution in [0.1, 0.15) is 16.7 Å². The van der Waals surface area contributed by atoms with Gasteiger partial charge in [0.1, 0.15) is 0 Å². The fraction of sp³-hybridized carbons (Fsp3) is 0.700. The van der Waals surface area contributed by atoms with Crippen molar-refractivity contribution in [2.45, 2.75) is 13.0 Å². The van der Waals surface area contributed by atoms with Gasteiger partial charge in [0.05, 0.1) is 12.7 Å². The maximum Gasteiger partial charge on any atom is 0.282 e. The Morgan fingerprint density at radius 3 is 3.17 bits per heavy atom. The molecule has 8 heteroatoms. The van der Waals surface area contributed by atoms with Gasteiger partial charge in [0, 0.05) is 19.6 Å². The molecular weight excluding hydrogens is 276 g/mol. The number of aromatic nitrogens is 2. The molecule has 6 nitrogen and oxygen atoms in total. The molecule has 0 saturated carbocycles. The van der Waals surface area contributed by atoms with Crippen molar-refractivity contribution in [2.24, 2.45) is 0 Å². The molecule has 0 radical (unpaired) electrons. The first-order chi connectivity index (χ1) is 8.69. The summed E-state index contributed by atoms with van der Waals surface area (Å²) in [4.78, 5) is 14.0. The fourth-order valence-electron chi connectivity index (χ4n) is 1.77. The Morgan fingerprint density at radius 1 is 1.67 bits per heavy atom. The highest BCUT2D eigenvalue weighted by molar-refractivity contribution is 7.17. The predicted octanol–water partition coefficient (Wildman–Crippen LogP) is 0.642. The van der Waals surface area contributed by atoms with E-state index in [-0.39, 0.29) is 21.5 Å². The second-order valence-electron chi connectivity index (χ2n) is 3.96. The lowest BCUT2D eigenvalue weighted by molar-refractivity contribution is -0.0246. The molecule has 1 fully saturated rings. The molecule has 0 aromatic carbocycles. The zero-order valence-corrected chi connectivity index (χ0v) is 11.6. The fourth-order valence-corrected chi connectivity index (χ4v) is 2.52. The second kappa shape index (κ2) is 6.42. The summed E-state index contributed by atoms with van der Waals surface area (Å²) in [6, 6.07) is 0. The summed E-state index contributed by atoms with van der Waals surface area (Å²) < 4.78 is 5.86. The van der Waals surface area contributed by atoms with Crippen molar-refractivity contribution in [3.63, 3.8) is 0 Å². The third kappa shape index (κ3) is 3.61. The molecule has 1 atom stereocenters. The molecule has 1 saturated heterocycles. The molecule has 2 heterocycles. The van der Waals surface area contributed by atoms with Crippen molar-refractivity contribution in [2.75, 3.05) is 32.8 Å². The van der Waals surface area contributed by atoms with Crippen LogP contribution in [0.2, 0.25) is 4.47 Å². The predicted molar refractivity (Wildman–Crippen MR) is 69.1 cm³/mol. The summed E-state index contributed by atoms with van der Waals surface area (Å²) in [5, 5.41) is 10.3. The molecular formula is C10H15ClN4O2S. The van der Waals surface area contributed by atoms with Crippen molar-refractivity contribution in [3.8, 4) is 0 Å². The quantitative estimate of drug-likeness (QED) is 0.881. The minimum Gasteiger partial charge on any atom is -0.374 e. The number of ether oxygens (including phenoxy) is 1. The SMILES string of the molecule is CCN1CCOC(CNC(=O)c2nnc(Cl)s2)C1. The van der Waals surface area contributed by atoms with Crippen LogP contribution in [0.25, 0.3) is 0 Å². The summed E-state index contributed by atoms with van der Waals surface area (Å²) in [5.41, 5.74) is 0. The zero-order chi connectivity index (χ0) is 13.0. The van der Waals surface area contributed by atoms with E-state index < -0.39 is 0 Å². The van der Waals surface area contributed by atoms with E-state index in [1.807, 2.05) is 0 Å². The van der Waals surface area contributed by atoms with E-state index in [4.69, 9.17) is 16.3 Å². The number of carbonyl (C=O) groups is 1. The number of amides is 1. The number of carbonyl (C=O) groups excluding carboxylic acids is 1. The Kier molecular flexibility index (Phi) is 4.87. The van der Waals surface area contributed by atoms with Gasteiger partial charge in [-0.3, -0.25) is 9.69 Å². The van der Waals surface area contributed by atoms with E-state index in [2.05, 4.69) is 27.3 Å². The van der Waals surface area contributed by atoms with Gasteiger partial charge in [-0.2, -0.15) is 0 Å². The van der Waals surface area contributed by atoms with E-state index in [0.717, 1.165) is 31.0 Å². The molecule has 2 rings (SSSR count). The Morgan fingerprint density at radius 2 is 2.50 bits per heavy atom. The van der Waals surface area contributed by atoms with Crippen LogP contribution in [0.15, 0.2) is 0 Å². The summed E-state index contributed by atoms with van der Waals surface area (Å²) in [6.45, 7) is 6.09. The maximum atomic E-state index is 11.7. The Bertz CT molecular complexity index is 414. The van der Waals surface area contributed by atoms with Gasteiger partial charge >= 0.3 is 0 Å². The van der Waals surface area contributed by atoms with Gasteiger partial charge in [-0.15, -0.1) is 10.2 Å². The minimum atomic E-state index is -0.253. The second-order valence-corrected chi connectivity index (χ2v) is 5.52. The van der Waals surface area contributed by atoms with Gasteiger partial charge in [-0.1, -0.05) is 18.3 Å². The first-order valence-electron chi connectivity index (χ1n) is 5.80. The lowest BCUT2D eigenvalue weighted by atomic mass is 10.2. The van der Waals surface area contributed by atoms with Crippen LogP contribution in [0, 0.1) is 0 Å². The Balaban J connectivity index is 1.79. The molecule has 1 aliphatic heterocycles. The summed E-state index contributed by atoms with van der Waals surface area (Å²) in [6.07, 6.45) is 0.0334. The van der Waals surface area contributed by atoms with Gasteiger partial charge in [0.25, 0.3) is 5.91 Å². The largest absolute Gasteiger partial charge is 0.374 e. The minimum absolute atomic E-state index is 0.0334. The van der Waals surface area contributed by atoms with Crippen LogP contribution in [-0.2, 0) is 4.74 Å². The van der Waals surface area contributed by atoms with E-state index in [0.29, 0.717) is 13.2 Å². The summed E-state index contributed by atoms with van der Waals surface area (Å²) in [7, 11) is 0. The third-order valence-electron chi connectivity index (χ3n) is 2.75. The molecule has 18 heavy (non-hydrogen) atoms. The van der Waals surface area contributed by atoms with Crippen LogP contribution in [0.5, 0.6) is 0 Å². The number of hydrogen-bond donors (Lipinski definition) is 1. The van der Waals surface area contributed by atoms with Gasteiger partial charge in [-0.05, 0) is 18.1 Å². The van der Waals surface area contributed by atoms with Crippen LogP contribution < -0.4 is 5.32 Å². The highest BCUT2D eigenvalue weighted by atomic mass is 35.5. The van der Waals surface area contributed by atoms with E-state index in [1.54, 1.807) is 0 Å². The highest BCUT2D eigenvalue weighted by Crippen LogP contribution is 2.14. The smallest absolute Gasteiger partial charge is 0.282 e. The molecule has 1 N–H and O–H groups in total. The molecule has 1 amide bonds. The van der Waals surface area contributed by atoms with E-state index in [1.165, 1.54) is 0 Å². The van der Waals surface area contributed by atoms with Crippen LogP contribution in [0.3, 0.4) is 0 Å². The van der Waals surface area contributed by atoms with Crippen molar-refractivity contribution >= 4 is 28.8 Å². The van der Waals surface area contributed by atoms with Gasteiger partial charge in [-0.25, -0.2) is 0 Å². The van der Waals surface area contributed by atoms with E-state index in [9.17, 15) is 4.79 Å². The third-order valence-corrected chi connectivity index (χ3v) is 3.77. The first kappa shape index (κ1) is 13.7. The number of rotatable bonds is 4. The van der Waals surface area contributed by atoms with Crippen molar-refractivity contribution < 1.29 is 9.53 Å². The Hall–Kier alpha value is -0.760. The molecule has 0 bridgehead atoms. The van der Waals surface area contributed by atoms with Crippen LogP contribution in [-0.4, -0.2) is 59.9 Å². The zero-order valence-electron chi connectivity index (χ0n) is 10.1. The summed E-state index contributed by atoms with van der Waals surface area (Å²) in [5.74, 6) is -0.253. The topological polar surface area (TPSA) is 67.3 Å². The van der Waals surface area contributed by atoms with E-state index >= 15 is 0 Å². The van der Waals surface area contributed by atoms with Crippen LogP contribution >= 0.6 is 22.9 Å². The van der Waals surface area contributed by atoms with Gasteiger partial charge < -0.3 is 10.1 Å². The Labute approximate surface area is 114 Å². The number of nitrogens with zero attached hydrogens (tertiary/aromatic N) is 3. The maximum absolute atomic E-state index is 11.7. The lowest BCUT2D eigenvalue weighted by Crippen LogP contribution is -2.47. The van der Waals surface area contributed by atoms with Gasteiger partial charge in [0.15, 0.2) is 0 Å². The molecule has 0 spiro atoms. The van der Waals surface area contributed by atoms with Gasteiger partial charge in [0.2, 0.25) is 9.47 Å². The number of morpholine rings is 1. The normalized spacial score (nSPS) is 20.9. The van der Waals surface area contributed by atoms with Crippen LogP contribution in [0.4, 0.5) is 0 Å². The van der Waals surface area contributed by atoms with Crippen molar-refractivity contribution in [1.82, 2.24) is 20.4 Å². The van der Waals surface area contributed by atoms with Crippen molar-refractivity contribution in [3.05, 3.63) is 9.47 Å². The van der Waals surface area contributed by atoms with Crippen molar-refractivity contribution in [1.29, 1.82) is 0 Å². The first-order valence-corrected chi connectivity index (χ1v) is 6.99. The highest BCUT2D eigenvalue weighted by Gasteiger charge is 2.20. The average molecular weight is 291 g/mol. The number of likely N-dealkylation sites (N-methyl/N-ethyl adjacent to an activating group) is 1. The molecule has 0 aliphatic carbocycles. The molecule has 1 aliphatic rings. The molecule has 1 aromatic rings. The number of hydrogen-bond acceptors (Lipinski definition) is 6. The summed E-state index contributed by atoms with van der Waals surface area (Å²) >= 11 is 6.69. The molecule has 100 valence electrons. The lowest BCUT2D eigenvalue weighted by Gasteiger charge is -2.31.